The molecule has 0 saturated carbocycles. The number of anilines is 1. The molecule has 0 spiro atoms. The summed E-state index contributed by atoms with van der Waals surface area (Å²) in [5, 5.41) is 9.33. The summed E-state index contributed by atoms with van der Waals surface area (Å²) in [6, 6.07) is 3.80. The lowest BCUT2D eigenvalue weighted by atomic mass is 10.2. The zero-order valence-electron chi connectivity index (χ0n) is 10.2. The highest BCUT2D eigenvalue weighted by Crippen LogP contribution is 2.14. The summed E-state index contributed by atoms with van der Waals surface area (Å²) < 4.78 is 5.29. The number of hydrogen-bond acceptors (Lipinski definition) is 4. The molecule has 1 atom stereocenters. The smallest absolute Gasteiger partial charge is 0.0931 e. The number of nitrogens with zero attached hydrogens (tertiary/aromatic N) is 2. The van der Waals surface area contributed by atoms with Crippen LogP contribution in [0.5, 0.6) is 0 Å². The molecule has 0 aliphatic rings. The van der Waals surface area contributed by atoms with Crippen LogP contribution >= 0.6 is 0 Å². The third kappa shape index (κ3) is 3.79. The van der Waals surface area contributed by atoms with Gasteiger partial charge in [0.25, 0.3) is 0 Å². The number of hydrogen-bond donors (Lipinski definition) is 1. The van der Waals surface area contributed by atoms with Crippen LogP contribution in [0.1, 0.15) is 25.6 Å². The summed E-state index contributed by atoms with van der Waals surface area (Å²) in [5.74, 6) is 0. The molecular formula is C12H20N2O2. The quantitative estimate of drug-likeness (QED) is 0.746. The van der Waals surface area contributed by atoms with Crippen molar-refractivity contribution in [3.63, 3.8) is 0 Å². The van der Waals surface area contributed by atoms with Crippen molar-refractivity contribution >= 4 is 5.69 Å². The van der Waals surface area contributed by atoms with Gasteiger partial charge < -0.3 is 14.7 Å². The summed E-state index contributed by atoms with van der Waals surface area (Å²) >= 11 is 0. The molecule has 0 aliphatic carbocycles. The van der Waals surface area contributed by atoms with Gasteiger partial charge in [0.05, 0.1) is 30.3 Å². The normalized spacial score (nSPS) is 12.5. The number of rotatable bonds is 6. The van der Waals surface area contributed by atoms with E-state index in [0.717, 1.165) is 18.8 Å². The van der Waals surface area contributed by atoms with Crippen LogP contribution in [0.25, 0.3) is 0 Å². The Hall–Kier alpha value is -1.13. The minimum Gasteiger partial charge on any atom is -0.387 e. The first-order valence-corrected chi connectivity index (χ1v) is 5.58. The second kappa shape index (κ2) is 6.45. The van der Waals surface area contributed by atoms with Crippen molar-refractivity contribution in [3.8, 4) is 0 Å². The number of aliphatic hydroxyl groups excluding tert-OH is 1. The van der Waals surface area contributed by atoms with Crippen LogP contribution in [0.15, 0.2) is 18.3 Å². The fourth-order valence-electron chi connectivity index (χ4n) is 1.35. The lowest BCUT2D eigenvalue weighted by Gasteiger charge is -2.19. The highest BCUT2D eigenvalue weighted by Gasteiger charge is 2.04. The van der Waals surface area contributed by atoms with Gasteiger partial charge in [0, 0.05) is 20.2 Å². The maximum atomic E-state index is 9.33. The number of ether oxygens (including phenoxy) is 1. The van der Waals surface area contributed by atoms with E-state index in [1.807, 2.05) is 26.1 Å². The zero-order valence-corrected chi connectivity index (χ0v) is 10.2. The molecule has 4 heteroatoms. The number of aromatic nitrogens is 1. The molecule has 0 radical (unpaired) electrons. The molecule has 1 N–H and O–H groups in total. The van der Waals surface area contributed by atoms with E-state index in [4.69, 9.17) is 4.74 Å². The number of likely N-dealkylation sites (N-methyl/N-ethyl adjacent to an activating group) is 1. The van der Waals surface area contributed by atoms with E-state index in [1.165, 1.54) is 0 Å². The summed E-state index contributed by atoms with van der Waals surface area (Å²) in [6.07, 6.45) is 1.26. The molecular weight excluding hydrogens is 204 g/mol. The molecule has 1 aromatic heterocycles. The molecule has 1 rings (SSSR count). The molecule has 90 valence electrons. The highest BCUT2D eigenvalue weighted by molar-refractivity contribution is 5.43. The first-order chi connectivity index (χ1) is 7.65. The van der Waals surface area contributed by atoms with Crippen LogP contribution in [0, 0.1) is 0 Å². The van der Waals surface area contributed by atoms with Crippen LogP contribution in [0.2, 0.25) is 0 Å². The summed E-state index contributed by atoms with van der Waals surface area (Å²) in [7, 11) is 2.00. The van der Waals surface area contributed by atoms with E-state index < -0.39 is 6.10 Å². The van der Waals surface area contributed by atoms with Crippen LogP contribution in [-0.2, 0) is 4.74 Å². The van der Waals surface area contributed by atoms with Crippen LogP contribution in [0.3, 0.4) is 0 Å². The Labute approximate surface area is 96.9 Å². The van der Waals surface area contributed by atoms with Gasteiger partial charge in [-0.15, -0.1) is 0 Å². The van der Waals surface area contributed by atoms with Gasteiger partial charge in [-0.25, -0.2) is 0 Å². The van der Waals surface area contributed by atoms with Crippen LogP contribution < -0.4 is 4.90 Å². The number of pyridine rings is 1. The Bertz CT molecular complexity index is 298. The van der Waals surface area contributed by atoms with E-state index in [0.29, 0.717) is 12.3 Å². The van der Waals surface area contributed by atoms with E-state index >= 15 is 0 Å². The van der Waals surface area contributed by atoms with Crippen molar-refractivity contribution in [1.29, 1.82) is 0 Å². The second-order valence-corrected chi connectivity index (χ2v) is 3.74. The Morgan fingerprint density at radius 1 is 1.50 bits per heavy atom. The third-order valence-corrected chi connectivity index (χ3v) is 2.41. The molecule has 0 unspecified atom stereocenters. The molecule has 0 bridgehead atoms. The monoisotopic (exact) mass is 224 g/mol. The summed E-state index contributed by atoms with van der Waals surface area (Å²) in [5.41, 5.74) is 1.73. The van der Waals surface area contributed by atoms with Gasteiger partial charge in [0.1, 0.15) is 0 Å². The average molecular weight is 224 g/mol. The van der Waals surface area contributed by atoms with Crippen molar-refractivity contribution in [1.82, 2.24) is 4.98 Å². The van der Waals surface area contributed by atoms with E-state index in [2.05, 4.69) is 9.88 Å². The Morgan fingerprint density at radius 3 is 2.75 bits per heavy atom. The van der Waals surface area contributed by atoms with Crippen LogP contribution in [-0.4, -0.2) is 36.9 Å². The van der Waals surface area contributed by atoms with Gasteiger partial charge in [-0.2, -0.15) is 0 Å². The van der Waals surface area contributed by atoms with Crippen LogP contribution in [0.4, 0.5) is 5.69 Å². The van der Waals surface area contributed by atoms with Gasteiger partial charge in [0.15, 0.2) is 0 Å². The Kier molecular flexibility index (Phi) is 5.22. The van der Waals surface area contributed by atoms with Gasteiger partial charge in [-0.3, -0.25) is 4.98 Å². The van der Waals surface area contributed by atoms with E-state index in [9.17, 15) is 5.11 Å². The zero-order chi connectivity index (χ0) is 12.0. The van der Waals surface area contributed by atoms with Gasteiger partial charge in [-0.05, 0) is 26.0 Å². The highest BCUT2D eigenvalue weighted by atomic mass is 16.5. The summed E-state index contributed by atoms with van der Waals surface area (Å²) in [6.45, 7) is 5.99. The SMILES string of the molecule is CCOCCN(C)c1ccc([C@@H](C)O)nc1. The maximum absolute atomic E-state index is 9.33. The van der Waals surface area contributed by atoms with Crippen molar-refractivity contribution < 1.29 is 9.84 Å². The van der Waals surface area contributed by atoms with Gasteiger partial charge in [-0.1, -0.05) is 0 Å². The molecule has 1 aromatic rings. The minimum absolute atomic E-state index is 0.511. The third-order valence-electron chi connectivity index (χ3n) is 2.41. The molecule has 4 nitrogen and oxygen atoms in total. The average Bonchev–Trinajstić information content (AvgIpc) is 2.29. The number of aliphatic hydroxyl groups is 1. The molecule has 0 amide bonds. The van der Waals surface area contributed by atoms with Crippen molar-refractivity contribution in [2.24, 2.45) is 0 Å². The molecule has 0 fully saturated rings. The molecule has 16 heavy (non-hydrogen) atoms. The first kappa shape index (κ1) is 12.9. The molecule has 0 aromatic carbocycles. The lowest BCUT2D eigenvalue weighted by molar-refractivity contribution is 0.154. The predicted molar refractivity (Wildman–Crippen MR) is 64.6 cm³/mol. The van der Waals surface area contributed by atoms with Crippen molar-refractivity contribution in [2.45, 2.75) is 20.0 Å². The largest absolute Gasteiger partial charge is 0.387 e. The molecule has 1 heterocycles. The van der Waals surface area contributed by atoms with E-state index in [1.54, 1.807) is 13.1 Å². The predicted octanol–water partition coefficient (Wildman–Crippen LogP) is 1.61. The second-order valence-electron chi connectivity index (χ2n) is 3.74. The standard InChI is InChI=1S/C12H20N2O2/c1-4-16-8-7-14(3)11-5-6-12(10(2)15)13-9-11/h5-6,9-10,15H,4,7-8H2,1-3H3/t10-/m1/s1. The summed E-state index contributed by atoms with van der Waals surface area (Å²) in [4.78, 5) is 6.27. The maximum Gasteiger partial charge on any atom is 0.0931 e. The van der Waals surface area contributed by atoms with Gasteiger partial charge in [0.2, 0.25) is 0 Å². The topological polar surface area (TPSA) is 45.6 Å². The fourth-order valence-corrected chi connectivity index (χ4v) is 1.35. The Balaban J connectivity index is 2.52. The van der Waals surface area contributed by atoms with Gasteiger partial charge >= 0.3 is 0 Å². The van der Waals surface area contributed by atoms with E-state index in [-0.39, 0.29) is 0 Å². The molecule has 0 aliphatic heterocycles. The first-order valence-electron chi connectivity index (χ1n) is 5.58. The minimum atomic E-state index is -0.511. The fraction of sp³-hybridized carbons (Fsp3) is 0.583. The van der Waals surface area contributed by atoms with Crippen molar-refractivity contribution in [2.75, 3.05) is 31.7 Å². The Morgan fingerprint density at radius 2 is 2.25 bits per heavy atom. The van der Waals surface area contributed by atoms with Crippen molar-refractivity contribution in [3.05, 3.63) is 24.0 Å². The molecule has 0 saturated heterocycles. The lowest BCUT2D eigenvalue weighted by Crippen LogP contribution is -2.22.